The Morgan fingerprint density at radius 2 is 1.94 bits per heavy atom. The number of hydrogen-bond donors (Lipinski definition) is 0. The second kappa shape index (κ2) is 3.79. The van der Waals surface area contributed by atoms with Crippen molar-refractivity contribution in [3.8, 4) is 0 Å². The molecule has 1 spiro atoms. The highest BCUT2D eigenvalue weighted by molar-refractivity contribution is 5.85. The van der Waals surface area contributed by atoms with E-state index in [4.69, 9.17) is 9.47 Å². The van der Waals surface area contributed by atoms with E-state index in [9.17, 15) is 4.79 Å². The molecule has 0 amide bonds. The second-order valence-corrected chi connectivity index (χ2v) is 6.14. The van der Waals surface area contributed by atoms with Gasteiger partial charge < -0.3 is 9.47 Å². The lowest BCUT2D eigenvalue weighted by Crippen LogP contribution is -2.55. The Labute approximate surface area is 103 Å². The fraction of sp³-hybridized carbons (Fsp3) is 0.929. The summed E-state index contributed by atoms with van der Waals surface area (Å²) in [7, 11) is 0. The van der Waals surface area contributed by atoms with Gasteiger partial charge in [0.05, 0.1) is 13.2 Å². The van der Waals surface area contributed by atoms with Crippen LogP contribution < -0.4 is 0 Å². The van der Waals surface area contributed by atoms with Crippen molar-refractivity contribution in [2.45, 2.75) is 51.7 Å². The number of ether oxygens (including phenoxy) is 2. The third kappa shape index (κ3) is 1.52. The summed E-state index contributed by atoms with van der Waals surface area (Å²) >= 11 is 0. The van der Waals surface area contributed by atoms with Gasteiger partial charge in [0.15, 0.2) is 5.79 Å². The molecule has 0 radical (unpaired) electrons. The van der Waals surface area contributed by atoms with Crippen LogP contribution in [0.3, 0.4) is 0 Å². The SMILES string of the molecule is CC1C2CCCC(=O)C2(C)CCC12OCCO2. The molecule has 3 aliphatic rings. The average Bonchev–Trinajstić information content (AvgIpc) is 2.78. The van der Waals surface area contributed by atoms with E-state index in [1.54, 1.807) is 0 Å². The van der Waals surface area contributed by atoms with Crippen molar-refractivity contribution in [2.24, 2.45) is 17.3 Å². The van der Waals surface area contributed by atoms with Crippen LogP contribution in [0.2, 0.25) is 0 Å². The predicted molar refractivity (Wildman–Crippen MR) is 63.5 cm³/mol. The van der Waals surface area contributed by atoms with Gasteiger partial charge in [-0.1, -0.05) is 13.8 Å². The highest BCUT2D eigenvalue weighted by Gasteiger charge is 2.58. The molecule has 3 atom stereocenters. The van der Waals surface area contributed by atoms with Crippen molar-refractivity contribution in [3.05, 3.63) is 0 Å². The number of rotatable bonds is 0. The Morgan fingerprint density at radius 3 is 2.65 bits per heavy atom. The second-order valence-electron chi connectivity index (χ2n) is 6.14. The largest absolute Gasteiger partial charge is 0.347 e. The van der Waals surface area contributed by atoms with Gasteiger partial charge in [-0.25, -0.2) is 0 Å². The Morgan fingerprint density at radius 1 is 1.24 bits per heavy atom. The summed E-state index contributed by atoms with van der Waals surface area (Å²) in [6.45, 7) is 5.80. The third-order valence-electron chi connectivity index (χ3n) is 5.44. The Balaban J connectivity index is 1.90. The van der Waals surface area contributed by atoms with E-state index in [2.05, 4.69) is 13.8 Å². The molecule has 96 valence electrons. The Kier molecular flexibility index (Phi) is 2.60. The first-order valence-electron chi connectivity index (χ1n) is 6.90. The van der Waals surface area contributed by atoms with Crippen molar-refractivity contribution in [1.82, 2.24) is 0 Å². The maximum atomic E-state index is 12.2. The zero-order chi connectivity index (χ0) is 12.1. The molecule has 3 unspecified atom stereocenters. The van der Waals surface area contributed by atoms with E-state index < -0.39 is 0 Å². The maximum Gasteiger partial charge on any atom is 0.171 e. The van der Waals surface area contributed by atoms with Crippen molar-refractivity contribution >= 4 is 5.78 Å². The first kappa shape index (κ1) is 11.7. The van der Waals surface area contributed by atoms with E-state index in [0.717, 1.165) is 32.1 Å². The van der Waals surface area contributed by atoms with E-state index in [1.165, 1.54) is 0 Å². The minimum absolute atomic E-state index is 0.113. The van der Waals surface area contributed by atoms with Crippen LogP contribution in [0.4, 0.5) is 0 Å². The molecule has 2 aliphatic carbocycles. The van der Waals surface area contributed by atoms with Crippen LogP contribution in [-0.2, 0) is 14.3 Å². The van der Waals surface area contributed by atoms with E-state index in [1.807, 2.05) is 0 Å². The number of fused-ring (bicyclic) bond motifs is 1. The van der Waals surface area contributed by atoms with Crippen LogP contribution in [0.25, 0.3) is 0 Å². The normalized spacial score (nSPS) is 44.9. The van der Waals surface area contributed by atoms with Crippen LogP contribution in [0.5, 0.6) is 0 Å². The molecular weight excluding hydrogens is 216 g/mol. The molecule has 3 fully saturated rings. The van der Waals surface area contributed by atoms with Gasteiger partial charge in [-0.2, -0.15) is 0 Å². The lowest BCUT2D eigenvalue weighted by atomic mass is 9.55. The summed E-state index contributed by atoms with van der Waals surface area (Å²) in [6, 6.07) is 0. The molecule has 3 rings (SSSR count). The van der Waals surface area contributed by atoms with Gasteiger partial charge in [0, 0.05) is 24.2 Å². The van der Waals surface area contributed by atoms with Crippen LogP contribution in [0.1, 0.15) is 46.0 Å². The van der Waals surface area contributed by atoms with Crippen LogP contribution >= 0.6 is 0 Å². The summed E-state index contributed by atoms with van der Waals surface area (Å²) in [5.74, 6) is 0.874. The molecule has 0 aromatic heterocycles. The fourth-order valence-electron chi connectivity index (χ4n) is 4.27. The lowest BCUT2D eigenvalue weighted by molar-refractivity contribution is -0.242. The molecule has 0 bridgehead atoms. The van der Waals surface area contributed by atoms with Gasteiger partial charge >= 0.3 is 0 Å². The molecular formula is C14H22O3. The molecule has 1 aliphatic heterocycles. The van der Waals surface area contributed by atoms with E-state index >= 15 is 0 Å². The molecule has 0 N–H and O–H groups in total. The lowest BCUT2D eigenvalue weighted by Gasteiger charge is -2.53. The minimum atomic E-state index is -0.373. The number of hydrogen-bond acceptors (Lipinski definition) is 3. The average molecular weight is 238 g/mol. The van der Waals surface area contributed by atoms with Gasteiger partial charge in [0.2, 0.25) is 0 Å². The minimum Gasteiger partial charge on any atom is -0.347 e. The molecule has 1 saturated heterocycles. The van der Waals surface area contributed by atoms with Crippen molar-refractivity contribution in [1.29, 1.82) is 0 Å². The number of carbonyl (C=O) groups excluding carboxylic acids is 1. The molecule has 3 heteroatoms. The van der Waals surface area contributed by atoms with Gasteiger partial charge in [-0.15, -0.1) is 0 Å². The van der Waals surface area contributed by atoms with Crippen LogP contribution in [0, 0.1) is 17.3 Å². The van der Waals surface area contributed by atoms with Crippen LogP contribution in [0.15, 0.2) is 0 Å². The Bertz CT molecular complexity index is 332. The van der Waals surface area contributed by atoms with Crippen molar-refractivity contribution in [3.63, 3.8) is 0 Å². The molecule has 17 heavy (non-hydrogen) atoms. The number of carbonyl (C=O) groups is 1. The maximum absolute atomic E-state index is 12.2. The van der Waals surface area contributed by atoms with Gasteiger partial charge in [0.1, 0.15) is 5.78 Å². The highest BCUT2D eigenvalue weighted by atomic mass is 16.7. The van der Waals surface area contributed by atoms with E-state index in [0.29, 0.717) is 30.8 Å². The highest BCUT2D eigenvalue weighted by Crippen LogP contribution is 2.55. The molecule has 0 aromatic carbocycles. The third-order valence-corrected chi connectivity index (χ3v) is 5.44. The molecule has 2 saturated carbocycles. The van der Waals surface area contributed by atoms with Crippen molar-refractivity contribution in [2.75, 3.05) is 13.2 Å². The molecule has 3 nitrogen and oxygen atoms in total. The van der Waals surface area contributed by atoms with Gasteiger partial charge in [0.25, 0.3) is 0 Å². The van der Waals surface area contributed by atoms with Gasteiger partial charge in [-0.3, -0.25) is 4.79 Å². The number of ketones is 1. The smallest absolute Gasteiger partial charge is 0.171 e. The summed E-state index contributed by atoms with van der Waals surface area (Å²) in [4.78, 5) is 12.2. The molecule has 1 heterocycles. The monoisotopic (exact) mass is 238 g/mol. The van der Waals surface area contributed by atoms with Gasteiger partial charge in [-0.05, 0) is 25.2 Å². The molecule has 0 aromatic rings. The Hall–Kier alpha value is -0.410. The standard InChI is InChI=1S/C14H22O3/c1-10-11-4-3-5-12(15)13(11,2)6-7-14(10)16-8-9-17-14/h10-11H,3-9H2,1-2H3. The number of Topliss-reactive ketones (excluding diaryl/α,β-unsaturated/α-hetero) is 1. The summed E-state index contributed by atoms with van der Waals surface area (Å²) in [5, 5.41) is 0. The predicted octanol–water partition coefficient (Wildman–Crippen LogP) is 2.53. The van der Waals surface area contributed by atoms with Crippen molar-refractivity contribution < 1.29 is 14.3 Å². The summed E-state index contributed by atoms with van der Waals surface area (Å²) < 4.78 is 11.8. The fourth-order valence-corrected chi connectivity index (χ4v) is 4.27. The summed E-state index contributed by atoms with van der Waals surface area (Å²) in [5.41, 5.74) is -0.113. The topological polar surface area (TPSA) is 35.5 Å². The van der Waals surface area contributed by atoms with Crippen LogP contribution in [-0.4, -0.2) is 24.8 Å². The summed E-state index contributed by atoms with van der Waals surface area (Å²) in [6.07, 6.45) is 4.78. The first-order chi connectivity index (χ1) is 8.08. The zero-order valence-electron chi connectivity index (χ0n) is 10.8. The first-order valence-corrected chi connectivity index (χ1v) is 6.90. The quantitative estimate of drug-likeness (QED) is 0.650. The van der Waals surface area contributed by atoms with E-state index in [-0.39, 0.29) is 11.2 Å². The zero-order valence-corrected chi connectivity index (χ0v) is 10.8.